The van der Waals surface area contributed by atoms with Crippen LogP contribution in [0.4, 0.5) is 0 Å². The van der Waals surface area contributed by atoms with Crippen molar-refractivity contribution in [2.75, 3.05) is 6.54 Å². The molecule has 1 amide bonds. The highest BCUT2D eigenvalue weighted by Gasteiger charge is 2.18. The molecule has 0 aliphatic carbocycles. The molecule has 0 radical (unpaired) electrons. The number of benzene rings is 2. The lowest BCUT2D eigenvalue weighted by Crippen LogP contribution is -2.48. The summed E-state index contributed by atoms with van der Waals surface area (Å²) in [7, 11) is 0. The number of hydrogen-bond donors (Lipinski definition) is 2. The molecule has 3 N–H and O–H groups in total. The van der Waals surface area contributed by atoms with Gasteiger partial charge in [0.05, 0.1) is 0 Å². The number of nitrogens with one attached hydrogen (secondary N) is 1. The molecule has 0 bridgehead atoms. The summed E-state index contributed by atoms with van der Waals surface area (Å²) in [6.07, 6.45) is -0.570. The Bertz CT molecular complexity index is 637. The third kappa shape index (κ3) is 6.22. The van der Waals surface area contributed by atoms with Crippen LogP contribution in [0.2, 0.25) is 0 Å². The molecule has 0 aliphatic rings. The minimum absolute atomic E-state index is 0. The van der Waals surface area contributed by atoms with Gasteiger partial charge in [-0.15, -0.1) is 12.4 Å². The van der Waals surface area contributed by atoms with E-state index in [1.165, 1.54) is 0 Å². The summed E-state index contributed by atoms with van der Waals surface area (Å²) in [5.41, 5.74) is 7.67. The molecule has 5 heteroatoms. The maximum absolute atomic E-state index is 12.0. The quantitative estimate of drug-likeness (QED) is 0.841. The highest BCUT2D eigenvalue weighted by Crippen LogP contribution is 2.22. The zero-order chi connectivity index (χ0) is 16.9. The predicted octanol–water partition coefficient (Wildman–Crippen LogP) is 3.40. The molecule has 0 saturated carbocycles. The molecule has 2 aromatic carbocycles. The number of ether oxygens (including phenoxy) is 1. The maximum atomic E-state index is 12.0. The van der Waals surface area contributed by atoms with Crippen LogP contribution in [-0.2, 0) is 4.79 Å². The van der Waals surface area contributed by atoms with Crippen molar-refractivity contribution in [2.24, 2.45) is 5.73 Å². The van der Waals surface area contributed by atoms with Crippen LogP contribution in [-0.4, -0.2) is 24.1 Å². The van der Waals surface area contributed by atoms with Crippen LogP contribution < -0.4 is 15.8 Å². The molecule has 24 heavy (non-hydrogen) atoms. The van der Waals surface area contributed by atoms with Crippen LogP contribution >= 0.6 is 12.4 Å². The van der Waals surface area contributed by atoms with Crippen molar-refractivity contribution in [2.45, 2.75) is 32.4 Å². The van der Waals surface area contributed by atoms with Gasteiger partial charge in [0.15, 0.2) is 6.10 Å². The lowest BCUT2D eigenvalue weighted by molar-refractivity contribution is -0.127. The monoisotopic (exact) mass is 348 g/mol. The normalized spacial score (nSPS) is 12.0. The molecule has 0 saturated heterocycles. The summed E-state index contributed by atoms with van der Waals surface area (Å²) in [4.78, 5) is 12.0. The fraction of sp³-hybridized carbons (Fsp3) is 0.316. The van der Waals surface area contributed by atoms with E-state index in [0.29, 0.717) is 12.3 Å². The van der Waals surface area contributed by atoms with E-state index in [4.69, 9.17) is 10.5 Å². The van der Waals surface area contributed by atoms with Crippen LogP contribution in [0.3, 0.4) is 0 Å². The van der Waals surface area contributed by atoms with E-state index in [2.05, 4.69) is 17.4 Å². The molecule has 0 spiro atoms. The van der Waals surface area contributed by atoms with Crippen molar-refractivity contribution < 1.29 is 9.53 Å². The van der Waals surface area contributed by atoms with E-state index in [1.54, 1.807) is 6.92 Å². The Morgan fingerprint density at radius 2 is 1.62 bits per heavy atom. The van der Waals surface area contributed by atoms with Gasteiger partial charge in [-0.1, -0.05) is 42.5 Å². The molecule has 0 aliphatic heterocycles. The van der Waals surface area contributed by atoms with Gasteiger partial charge in [-0.3, -0.25) is 4.79 Å². The zero-order valence-corrected chi connectivity index (χ0v) is 15.1. The number of hydrogen-bond acceptors (Lipinski definition) is 3. The Labute approximate surface area is 149 Å². The van der Waals surface area contributed by atoms with E-state index < -0.39 is 11.6 Å². The van der Waals surface area contributed by atoms with Gasteiger partial charge in [-0.05, 0) is 44.0 Å². The average Bonchev–Trinajstić information content (AvgIpc) is 2.53. The summed E-state index contributed by atoms with van der Waals surface area (Å²) in [5, 5.41) is 2.79. The first-order valence-corrected chi connectivity index (χ1v) is 7.74. The Balaban J connectivity index is 0.00000288. The average molecular weight is 349 g/mol. The molecular formula is C19H25ClN2O2. The second kappa shape index (κ2) is 8.71. The Hall–Kier alpha value is -2.04. The van der Waals surface area contributed by atoms with E-state index >= 15 is 0 Å². The number of amides is 1. The highest BCUT2D eigenvalue weighted by atomic mass is 35.5. The van der Waals surface area contributed by atoms with Gasteiger partial charge >= 0.3 is 0 Å². The maximum Gasteiger partial charge on any atom is 0.260 e. The first kappa shape index (κ1) is 20.0. The smallest absolute Gasteiger partial charge is 0.260 e. The van der Waals surface area contributed by atoms with E-state index in [0.717, 1.165) is 11.1 Å². The minimum Gasteiger partial charge on any atom is -0.481 e. The summed E-state index contributed by atoms with van der Waals surface area (Å²) in [6.45, 7) is 5.86. The van der Waals surface area contributed by atoms with Gasteiger partial charge in [-0.2, -0.15) is 0 Å². The van der Waals surface area contributed by atoms with Gasteiger partial charge in [0, 0.05) is 12.1 Å². The van der Waals surface area contributed by atoms with Gasteiger partial charge in [-0.25, -0.2) is 0 Å². The van der Waals surface area contributed by atoms with Crippen LogP contribution in [0, 0.1) is 0 Å². The number of carbonyl (C=O) groups is 1. The Morgan fingerprint density at radius 1 is 1.08 bits per heavy atom. The van der Waals surface area contributed by atoms with Gasteiger partial charge in [0.25, 0.3) is 5.91 Å². The number of halogens is 1. The Morgan fingerprint density at radius 3 is 2.17 bits per heavy atom. The van der Waals surface area contributed by atoms with Crippen LogP contribution in [0.5, 0.6) is 5.75 Å². The first-order valence-electron chi connectivity index (χ1n) is 7.74. The molecular weight excluding hydrogens is 324 g/mol. The molecule has 0 fully saturated rings. The van der Waals surface area contributed by atoms with E-state index in [-0.39, 0.29) is 18.3 Å². The molecule has 2 aromatic rings. The molecule has 1 atom stereocenters. The van der Waals surface area contributed by atoms with Crippen LogP contribution in [0.15, 0.2) is 54.6 Å². The summed E-state index contributed by atoms with van der Waals surface area (Å²) in [5.74, 6) is 0.495. The van der Waals surface area contributed by atoms with Crippen LogP contribution in [0.1, 0.15) is 20.8 Å². The van der Waals surface area contributed by atoms with Gasteiger partial charge in [0.1, 0.15) is 5.75 Å². The third-order valence-electron chi connectivity index (χ3n) is 3.36. The van der Waals surface area contributed by atoms with Gasteiger partial charge in [0.2, 0.25) is 0 Å². The lowest BCUT2D eigenvalue weighted by atomic mass is 10.1. The standard InChI is InChI=1S/C19H24N2O2.ClH/c1-14(18(22)21-13-19(2,3)20)23-17-11-9-16(10-12-17)15-7-5-4-6-8-15;/h4-12,14H,13,20H2,1-3H3,(H,21,22);1H. The summed E-state index contributed by atoms with van der Waals surface area (Å²) in [6, 6.07) is 17.8. The van der Waals surface area contributed by atoms with Crippen molar-refractivity contribution in [1.82, 2.24) is 5.32 Å². The number of nitrogens with two attached hydrogens (primary N) is 1. The summed E-state index contributed by atoms with van der Waals surface area (Å²) < 4.78 is 5.68. The zero-order valence-electron chi connectivity index (χ0n) is 14.3. The van der Waals surface area contributed by atoms with Crippen molar-refractivity contribution in [3.63, 3.8) is 0 Å². The minimum atomic E-state index is -0.570. The van der Waals surface area contributed by atoms with Crippen LogP contribution in [0.25, 0.3) is 11.1 Å². The molecule has 2 rings (SSSR count). The molecule has 0 heterocycles. The number of rotatable bonds is 6. The fourth-order valence-electron chi connectivity index (χ4n) is 2.07. The van der Waals surface area contributed by atoms with Crippen molar-refractivity contribution in [1.29, 1.82) is 0 Å². The fourth-order valence-corrected chi connectivity index (χ4v) is 2.07. The SMILES string of the molecule is CC(Oc1ccc(-c2ccccc2)cc1)C(=O)NCC(C)(C)N.Cl. The first-order chi connectivity index (χ1) is 10.8. The third-order valence-corrected chi connectivity index (χ3v) is 3.36. The Kier molecular flexibility index (Phi) is 7.26. The van der Waals surface area contributed by atoms with Crippen molar-refractivity contribution in [3.8, 4) is 16.9 Å². The largest absolute Gasteiger partial charge is 0.481 e. The second-order valence-corrected chi connectivity index (χ2v) is 6.36. The molecule has 4 nitrogen and oxygen atoms in total. The van der Waals surface area contributed by atoms with E-state index in [1.807, 2.05) is 56.3 Å². The topological polar surface area (TPSA) is 64.3 Å². The summed E-state index contributed by atoms with van der Waals surface area (Å²) >= 11 is 0. The molecule has 0 aromatic heterocycles. The molecule has 1 unspecified atom stereocenters. The number of carbonyl (C=O) groups excluding carboxylic acids is 1. The van der Waals surface area contributed by atoms with E-state index in [9.17, 15) is 4.79 Å². The van der Waals surface area contributed by atoms with Crippen molar-refractivity contribution >= 4 is 18.3 Å². The second-order valence-electron chi connectivity index (χ2n) is 6.36. The predicted molar refractivity (Wildman–Crippen MR) is 100 cm³/mol. The van der Waals surface area contributed by atoms with Crippen molar-refractivity contribution in [3.05, 3.63) is 54.6 Å². The highest BCUT2D eigenvalue weighted by molar-refractivity contribution is 5.85. The molecule has 130 valence electrons. The lowest BCUT2D eigenvalue weighted by Gasteiger charge is -2.21. The van der Waals surface area contributed by atoms with Gasteiger partial charge < -0.3 is 15.8 Å².